The van der Waals surface area contributed by atoms with Crippen molar-refractivity contribution in [1.82, 2.24) is 0 Å². The highest BCUT2D eigenvalue weighted by molar-refractivity contribution is 8.00. The second kappa shape index (κ2) is 5.32. The van der Waals surface area contributed by atoms with Crippen LogP contribution >= 0.6 is 23.5 Å². The van der Waals surface area contributed by atoms with E-state index in [9.17, 15) is 4.39 Å². The SMILES string of the molecule is CCCSNc1ccc(F)c(N)c1Cl. The van der Waals surface area contributed by atoms with Gasteiger partial charge in [-0.15, -0.1) is 0 Å². The fourth-order valence-corrected chi connectivity index (χ4v) is 1.77. The number of hydrogen-bond donors (Lipinski definition) is 2. The molecule has 1 aromatic carbocycles. The summed E-state index contributed by atoms with van der Waals surface area (Å²) in [6.45, 7) is 2.08. The largest absolute Gasteiger partial charge is 0.395 e. The molecule has 1 aromatic rings. The molecule has 78 valence electrons. The Hall–Kier alpha value is -0.610. The van der Waals surface area contributed by atoms with E-state index in [4.69, 9.17) is 17.3 Å². The molecule has 0 aliphatic heterocycles. The van der Waals surface area contributed by atoms with Gasteiger partial charge < -0.3 is 10.5 Å². The van der Waals surface area contributed by atoms with E-state index in [0.29, 0.717) is 5.69 Å². The Balaban J connectivity index is 2.73. The first-order valence-corrected chi connectivity index (χ1v) is 5.64. The van der Waals surface area contributed by atoms with Gasteiger partial charge in [0.25, 0.3) is 0 Å². The predicted octanol–water partition coefficient (Wildman–Crippen LogP) is 3.53. The smallest absolute Gasteiger partial charge is 0.147 e. The number of benzene rings is 1. The molecule has 0 saturated carbocycles. The molecule has 0 fully saturated rings. The van der Waals surface area contributed by atoms with Crippen LogP contribution in [0.5, 0.6) is 0 Å². The van der Waals surface area contributed by atoms with Crippen molar-refractivity contribution in [2.45, 2.75) is 13.3 Å². The van der Waals surface area contributed by atoms with Crippen LogP contribution in [0.2, 0.25) is 5.02 Å². The molecule has 0 saturated heterocycles. The van der Waals surface area contributed by atoms with Gasteiger partial charge in [-0.2, -0.15) is 0 Å². The van der Waals surface area contributed by atoms with Gasteiger partial charge in [-0.3, -0.25) is 0 Å². The van der Waals surface area contributed by atoms with Gasteiger partial charge in [0.15, 0.2) is 0 Å². The minimum absolute atomic E-state index is 0.00577. The number of nitrogen functional groups attached to an aromatic ring is 1. The zero-order valence-electron chi connectivity index (χ0n) is 7.81. The summed E-state index contributed by atoms with van der Waals surface area (Å²) in [5, 5.41) is 0.244. The summed E-state index contributed by atoms with van der Waals surface area (Å²) in [4.78, 5) is 0. The van der Waals surface area contributed by atoms with Crippen LogP contribution in [0.4, 0.5) is 15.8 Å². The lowest BCUT2D eigenvalue weighted by Gasteiger charge is -2.08. The molecule has 14 heavy (non-hydrogen) atoms. The van der Waals surface area contributed by atoms with Gasteiger partial charge in [-0.1, -0.05) is 30.5 Å². The lowest BCUT2D eigenvalue weighted by atomic mass is 10.3. The number of nitrogens with two attached hydrogens (primary N) is 1. The van der Waals surface area contributed by atoms with Gasteiger partial charge in [0, 0.05) is 5.75 Å². The van der Waals surface area contributed by atoms with Gasteiger partial charge in [0.2, 0.25) is 0 Å². The number of hydrogen-bond acceptors (Lipinski definition) is 3. The number of halogens is 2. The quantitative estimate of drug-likeness (QED) is 0.476. The summed E-state index contributed by atoms with van der Waals surface area (Å²) in [5.41, 5.74) is 6.08. The maximum Gasteiger partial charge on any atom is 0.147 e. The van der Waals surface area contributed by atoms with E-state index in [1.54, 1.807) is 6.07 Å². The van der Waals surface area contributed by atoms with Gasteiger partial charge in [-0.25, -0.2) is 4.39 Å². The average molecular weight is 235 g/mol. The van der Waals surface area contributed by atoms with Gasteiger partial charge >= 0.3 is 0 Å². The molecule has 0 spiro atoms. The minimum Gasteiger partial charge on any atom is -0.395 e. The third-order valence-electron chi connectivity index (χ3n) is 1.61. The molecule has 0 atom stereocenters. The topological polar surface area (TPSA) is 38.0 Å². The van der Waals surface area contributed by atoms with Crippen LogP contribution in [-0.4, -0.2) is 5.75 Å². The Morgan fingerprint density at radius 3 is 2.93 bits per heavy atom. The van der Waals surface area contributed by atoms with Crippen molar-refractivity contribution in [1.29, 1.82) is 0 Å². The molecule has 5 heteroatoms. The average Bonchev–Trinajstić information content (AvgIpc) is 2.18. The standard InChI is InChI=1S/C9H12ClFN2S/c1-2-5-14-13-7-4-3-6(11)9(12)8(7)10/h3-4,13H,2,5,12H2,1H3. The Kier molecular flexibility index (Phi) is 4.35. The van der Waals surface area contributed by atoms with Crippen molar-refractivity contribution in [3.8, 4) is 0 Å². The second-order valence-electron chi connectivity index (χ2n) is 2.77. The van der Waals surface area contributed by atoms with Crippen molar-refractivity contribution >= 4 is 34.9 Å². The summed E-state index contributed by atoms with van der Waals surface area (Å²) >= 11 is 7.36. The van der Waals surface area contributed by atoms with Crippen LogP contribution in [0, 0.1) is 5.82 Å². The Morgan fingerprint density at radius 2 is 2.29 bits per heavy atom. The predicted molar refractivity (Wildman–Crippen MR) is 62.2 cm³/mol. The molecular formula is C9H12ClFN2S. The molecule has 0 bridgehead atoms. The number of nitrogens with one attached hydrogen (secondary N) is 1. The first-order chi connectivity index (χ1) is 6.66. The molecule has 0 amide bonds. The van der Waals surface area contributed by atoms with E-state index in [1.807, 2.05) is 0 Å². The highest BCUT2D eigenvalue weighted by atomic mass is 35.5. The van der Waals surface area contributed by atoms with Gasteiger partial charge in [-0.05, 0) is 18.6 Å². The molecule has 0 aliphatic carbocycles. The van der Waals surface area contributed by atoms with Crippen molar-refractivity contribution in [3.05, 3.63) is 23.0 Å². The summed E-state index contributed by atoms with van der Waals surface area (Å²) < 4.78 is 15.9. The molecular weight excluding hydrogens is 223 g/mol. The minimum atomic E-state index is -0.485. The monoisotopic (exact) mass is 234 g/mol. The number of rotatable bonds is 4. The molecule has 1 rings (SSSR count). The Morgan fingerprint density at radius 1 is 1.57 bits per heavy atom. The van der Waals surface area contributed by atoms with E-state index >= 15 is 0 Å². The highest BCUT2D eigenvalue weighted by Crippen LogP contribution is 2.31. The fourth-order valence-electron chi connectivity index (χ4n) is 0.879. The lowest BCUT2D eigenvalue weighted by molar-refractivity contribution is 0.633. The van der Waals surface area contributed by atoms with Crippen LogP contribution in [0.25, 0.3) is 0 Å². The van der Waals surface area contributed by atoms with E-state index in [0.717, 1.165) is 12.2 Å². The Bertz CT molecular complexity index is 320. The molecule has 0 aliphatic rings. The summed E-state index contributed by atoms with van der Waals surface area (Å²) in [6.07, 6.45) is 1.06. The maximum absolute atomic E-state index is 12.9. The molecule has 0 radical (unpaired) electrons. The van der Waals surface area contributed by atoms with Gasteiger partial charge in [0.1, 0.15) is 5.82 Å². The summed E-state index contributed by atoms with van der Waals surface area (Å²) in [5.74, 6) is 0.481. The zero-order chi connectivity index (χ0) is 10.6. The number of anilines is 2. The van der Waals surface area contributed by atoms with Gasteiger partial charge in [0.05, 0.1) is 16.4 Å². The highest BCUT2D eigenvalue weighted by Gasteiger charge is 2.07. The van der Waals surface area contributed by atoms with Crippen LogP contribution in [0.15, 0.2) is 12.1 Å². The van der Waals surface area contributed by atoms with Crippen LogP contribution in [0.1, 0.15) is 13.3 Å². The van der Waals surface area contributed by atoms with Crippen molar-refractivity contribution < 1.29 is 4.39 Å². The van der Waals surface area contributed by atoms with Crippen LogP contribution in [0.3, 0.4) is 0 Å². The first-order valence-electron chi connectivity index (χ1n) is 4.28. The van der Waals surface area contributed by atoms with Crippen molar-refractivity contribution in [2.75, 3.05) is 16.2 Å². The Labute approximate surface area is 92.1 Å². The van der Waals surface area contributed by atoms with E-state index in [-0.39, 0.29) is 10.7 Å². The van der Waals surface area contributed by atoms with E-state index < -0.39 is 5.82 Å². The lowest BCUT2D eigenvalue weighted by Crippen LogP contribution is -1.96. The zero-order valence-corrected chi connectivity index (χ0v) is 9.38. The molecule has 0 aromatic heterocycles. The molecule has 0 heterocycles. The second-order valence-corrected chi connectivity index (χ2v) is 4.05. The summed E-state index contributed by atoms with van der Waals surface area (Å²) in [7, 11) is 0. The van der Waals surface area contributed by atoms with Crippen molar-refractivity contribution in [2.24, 2.45) is 0 Å². The first kappa shape index (κ1) is 11.5. The fraction of sp³-hybridized carbons (Fsp3) is 0.333. The van der Waals surface area contributed by atoms with Crippen LogP contribution in [-0.2, 0) is 0 Å². The van der Waals surface area contributed by atoms with Crippen LogP contribution < -0.4 is 10.5 Å². The third kappa shape index (κ3) is 2.69. The van der Waals surface area contributed by atoms with E-state index in [2.05, 4.69) is 11.6 Å². The third-order valence-corrected chi connectivity index (χ3v) is 3.00. The maximum atomic E-state index is 12.9. The molecule has 3 N–H and O–H groups in total. The van der Waals surface area contributed by atoms with Crippen molar-refractivity contribution in [3.63, 3.8) is 0 Å². The molecule has 2 nitrogen and oxygen atoms in total. The summed E-state index contributed by atoms with van der Waals surface area (Å²) in [6, 6.07) is 2.88. The normalized spacial score (nSPS) is 10.2. The van der Waals surface area contributed by atoms with E-state index in [1.165, 1.54) is 18.0 Å². The molecule has 0 unspecified atom stereocenters.